The highest BCUT2D eigenvalue weighted by molar-refractivity contribution is 6.09. The van der Waals surface area contributed by atoms with Crippen LogP contribution in [0.4, 0.5) is 0 Å². The molecule has 0 fully saturated rings. The lowest BCUT2D eigenvalue weighted by Crippen LogP contribution is -2.27. The Kier molecular flexibility index (Phi) is 6.95. The molecule has 0 saturated carbocycles. The predicted octanol–water partition coefficient (Wildman–Crippen LogP) is 11.9. The first kappa shape index (κ1) is 31.7. The van der Waals surface area contributed by atoms with Crippen LogP contribution in [0.1, 0.15) is 45.2 Å². The van der Waals surface area contributed by atoms with Crippen LogP contribution in [0.25, 0.3) is 78.4 Å². The van der Waals surface area contributed by atoms with Crippen molar-refractivity contribution in [2.75, 3.05) is 0 Å². The van der Waals surface area contributed by atoms with Crippen molar-refractivity contribution in [3.8, 4) is 56.4 Å². The van der Waals surface area contributed by atoms with E-state index in [4.69, 9.17) is 19.4 Å². The van der Waals surface area contributed by atoms with Gasteiger partial charge < -0.3 is 4.42 Å². The molecular formula is C51H31N5O. The van der Waals surface area contributed by atoms with E-state index in [0.29, 0.717) is 17.5 Å². The van der Waals surface area contributed by atoms with Crippen LogP contribution in [0, 0.1) is 0 Å². The quantitative estimate of drug-likeness (QED) is 0.175. The molecule has 3 aliphatic rings. The molecule has 13 rings (SSSR count). The molecule has 0 radical (unpaired) electrons. The summed E-state index contributed by atoms with van der Waals surface area (Å²) in [5.74, 6) is 2.13. The molecule has 7 aromatic carbocycles. The van der Waals surface area contributed by atoms with E-state index >= 15 is 0 Å². The molecule has 6 nitrogen and oxygen atoms in total. The first-order valence-electron chi connectivity index (χ1n) is 19.2. The van der Waals surface area contributed by atoms with Gasteiger partial charge in [0, 0.05) is 39.3 Å². The van der Waals surface area contributed by atoms with Crippen molar-refractivity contribution < 1.29 is 4.42 Å². The number of hydrogen-bond acceptors (Lipinski definition) is 6. The van der Waals surface area contributed by atoms with Crippen LogP contribution in [0.15, 0.2) is 181 Å². The number of nitrogens with zero attached hydrogens (tertiary/aromatic N) is 5. The van der Waals surface area contributed by atoms with Crippen LogP contribution in [0.5, 0.6) is 0 Å². The Morgan fingerprint density at radius 3 is 1.63 bits per heavy atom. The van der Waals surface area contributed by atoms with Crippen molar-refractivity contribution in [3.05, 3.63) is 210 Å². The Hall–Kier alpha value is -7.57. The monoisotopic (exact) mass is 729 g/mol. The number of hydrogen-bond donors (Lipinski definition) is 0. The fraction of sp³-hybridized carbons (Fsp3) is 0.0392. The largest absolute Gasteiger partial charge is 0.455 e. The topological polar surface area (TPSA) is 77.6 Å². The molecule has 3 aliphatic carbocycles. The summed E-state index contributed by atoms with van der Waals surface area (Å²) in [6.45, 7) is 0. The summed E-state index contributed by atoms with van der Waals surface area (Å²) in [5, 5.41) is 10.2. The van der Waals surface area contributed by atoms with E-state index < -0.39 is 0 Å². The molecule has 6 heteroatoms. The molecule has 0 aliphatic heterocycles. The molecule has 0 spiro atoms. The van der Waals surface area contributed by atoms with E-state index in [1.807, 2.05) is 72.9 Å². The molecule has 0 saturated heterocycles. The SMILES string of the molecule is c1ccc(-c2nc(-c3ccc(-c4ccc5c(c4)C4c6ccccc6C5c5cc(-c6ccnnc6)ccc54)cc3)nc(-c3cccc4c3oc3ccccc34)n2)cc1. The Bertz CT molecular complexity index is 3190. The van der Waals surface area contributed by atoms with Crippen molar-refractivity contribution in [2.45, 2.75) is 11.8 Å². The van der Waals surface area contributed by atoms with Gasteiger partial charge >= 0.3 is 0 Å². The minimum Gasteiger partial charge on any atom is -0.455 e. The van der Waals surface area contributed by atoms with Crippen molar-refractivity contribution >= 4 is 21.9 Å². The van der Waals surface area contributed by atoms with Gasteiger partial charge in [0.1, 0.15) is 11.2 Å². The highest BCUT2D eigenvalue weighted by atomic mass is 16.3. The van der Waals surface area contributed by atoms with Crippen LogP contribution in [-0.4, -0.2) is 25.1 Å². The van der Waals surface area contributed by atoms with E-state index in [2.05, 4.69) is 107 Å². The van der Waals surface area contributed by atoms with Crippen molar-refractivity contribution in [1.29, 1.82) is 0 Å². The van der Waals surface area contributed by atoms with Gasteiger partial charge in [-0.15, -0.1) is 0 Å². The fourth-order valence-electron chi connectivity index (χ4n) is 9.11. The zero-order valence-corrected chi connectivity index (χ0v) is 30.5. The third-order valence-electron chi connectivity index (χ3n) is 11.7. The first-order valence-corrected chi connectivity index (χ1v) is 19.2. The molecule has 266 valence electrons. The average Bonchev–Trinajstić information content (AvgIpc) is 3.68. The smallest absolute Gasteiger partial charge is 0.167 e. The molecular weight excluding hydrogens is 699 g/mol. The van der Waals surface area contributed by atoms with Crippen LogP contribution in [-0.2, 0) is 0 Å². The van der Waals surface area contributed by atoms with Gasteiger partial charge in [0.15, 0.2) is 17.5 Å². The summed E-state index contributed by atoms with van der Waals surface area (Å²) in [6, 6.07) is 57.9. The first-order chi connectivity index (χ1) is 28.2. The number of aromatic nitrogens is 5. The molecule has 2 unspecified atom stereocenters. The van der Waals surface area contributed by atoms with Crippen molar-refractivity contribution in [1.82, 2.24) is 25.1 Å². The van der Waals surface area contributed by atoms with E-state index in [0.717, 1.165) is 49.8 Å². The van der Waals surface area contributed by atoms with Crippen LogP contribution >= 0.6 is 0 Å². The Morgan fingerprint density at radius 1 is 0.368 bits per heavy atom. The van der Waals surface area contributed by atoms with Crippen LogP contribution < -0.4 is 0 Å². The van der Waals surface area contributed by atoms with Crippen LogP contribution in [0.2, 0.25) is 0 Å². The lowest BCUT2D eigenvalue weighted by molar-refractivity contribution is 0.669. The highest BCUT2D eigenvalue weighted by Gasteiger charge is 2.41. The van der Waals surface area contributed by atoms with Crippen molar-refractivity contribution in [2.24, 2.45) is 0 Å². The van der Waals surface area contributed by atoms with Gasteiger partial charge in [-0.3, -0.25) is 0 Å². The van der Waals surface area contributed by atoms with E-state index in [-0.39, 0.29) is 11.8 Å². The summed E-state index contributed by atoms with van der Waals surface area (Å²) in [4.78, 5) is 15.1. The normalized spacial score (nSPS) is 15.0. The minimum absolute atomic E-state index is 0.163. The Labute approximate surface area is 328 Å². The highest BCUT2D eigenvalue weighted by Crippen LogP contribution is 2.56. The zero-order chi connectivity index (χ0) is 37.5. The van der Waals surface area contributed by atoms with Gasteiger partial charge in [0.2, 0.25) is 0 Å². The predicted molar refractivity (Wildman–Crippen MR) is 225 cm³/mol. The number of furan rings is 1. The molecule has 2 atom stereocenters. The summed E-state index contributed by atoms with van der Waals surface area (Å²) in [6.07, 6.45) is 3.60. The third kappa shape index (κ3) is 5.00. The minimum atomic E-state index is 0.163. The molecule has 3 heterocycles. The van der Waals surface area contributed by atoms with Gasteiger partial charge in [-0.1, -0.05) is 133 Å². The second-order valence-corrected chi connectivity index (χ2v) is 14.8. The maximum atomic E-state index is 6.41. The van der Waals surface area contributed by atoms with Gasteiger partial charge in [0.25, 0.3) is 0 Å². The lowest BCUT2D eigenvalue weighted by Gasteiger charge is -2.42. The van der Waals surface area contributed by atoms with E-state index in [1.54, 1.807) is 6.20 Å². The van der Waals surface area contributed by atoms with E-state index in [1.165, 1.54) is 44.5 Å². The Morgan fingerprint density at radius 2 is 0.930 bits per heavy atom. The second kappa shape index (κ2) is 12.5. The fourth-order valence-corrected chi connectivity index (χ4v) is 9.11. The van der Waals surface area contributed by atoms with Crippen molar-refractivity contribution in [3.63, 3.8) is 0 Å². The summed E-state index contributed by atoms with van der Waals surface area (Å²) in [5.41, 5.74) is 17.1. The van der Waals surface area contributed by atoms with Gasteiger partial charge in [-0.05, 0) is 80.4 Å². The van der Waals surface area contributed by atoms with Gasteiger partial charge in [0.05, 0.1) is 18.0 Å². The molecule has 2 bridgehead atoms. The van der Waals surface area contributed by atoms with Gasteiger partial charge in [-0.25, -0.2) is 15.0 Å². The van der Waals surface area contributed by atoms with Crippen LogP contribution in [0.3, 0.4) is 0 Å². The molecule has 3 aromatic heterocycles. The standard InChI is InChI=1S/C51H31N5O/c1-2-9-31(10-3-1)49-54-50(56-51(55-49)42-15-8-14-41-36-11-6-7-16-45(36)57-48(41)42)32-19-17-30(18-20-32)33-21-23-39-43(27-33)46-37-12-4-5-13-38(37)47(39)44-28-34(22-24-40(44)46)35-25-26-52-53-29-35/h1-29,46-47H. The summed E-state index contributed by atoms with van der Waals surface area (Å²) < 4.78 is 6.41. The second-order valence-electron chi connectivity index (χ2n) is 14.8. The Balaban J connectivity index is 0.937. The molecule has 10 aromatic rings. The van der Waals surface area contributed by atoms with E-state index in [9.17, 15) is 0 Å². The maximum absolute atomic E-state index is 6.41. The molecule has 0 N–H and O–H groups in total. The zero-order valence-electron chi connectivity index (χ0n) is 30.5. The lowest BCUT2D eigenvalue weighted by atomic mass is 9.60. The maximum Gasteiger partial charge on any atom is 0.167 e. The summed E-state index contributed by atoms with van der Waals surface area (Å²) in [7, 11) is 0. The number of benzene rings is 7. The number of fused-ring (bicyclic) bond motifs is 3. The summed E-state index contributed by atoms with van der Waals surface area (Å²) >= 11 is 0. The average molecular weight is 730 g/mol. The number of rotatable bonds is 5. The molecule has 0 amide bonds. The third-order valence-corrected chi connectivity index (χ3v) is 11.7. The van der Waals surface area contributed by atoms with Gasteiger partial charge in [-0.2, -0.15) is 10.2 Å². The molecule has 57 heavy (non-hydrogen) atoms. The number of para-hydroxylation sites is 2.